The molecule has 0 aromatic carbocycles. The fourth-order valence-electron chi connectivity index (χ4n) is 2.45. The van der Waals surface area contributed by atoms with Crippen molar-refractivity contribution in [2.75, 3.05) is 18.0 Å². The third-order valence-electron chi connectivity index (χ3n) is 3.65. The predicted octanol–water partition coefficient (Wildman–Crippen LogP) is 2.98. The second-order valence-electron chi connectivity index (χ2n) is 5.22. The minimum atomic E-state index is -4.49. The maximum absolute atomic E-state index is 13.1. The molecule has 1 fully saturated rings. The minimum Gasteiger partial charge on any atom is -0.341 e. The van der Waals surface area contributed by atoms with E-state index >= 15 is 0 Å². The molecular weight excluding hydrogens is 295 g/mol. The van der Waals surface area contributed by atoms with Gasteiger partial charge < -0.3 is 4.90 Å². The first-order valence-corrected chi connectivity index (χ1v) is 7.21. The Kier molecular flexibility index (Phi) is 3.76. The largest absolute Gasteiger partial charge is 0.433 e. The van der Waals surface area contributed by atoms with Crippen LogP contribution in [0.2, 0.25) is 0 Å². The van der Waals surface area contributed by atoms with Gasteiger partial charge in [0.1, 0.15) is 0 Å². The topological polar surface area (TPSA) is 46.8 Å². The van der Waals surface area contributed by atoms with E-state index < -0.39 is 11.9 Å². The van der Waals surface area contributed by atoms with Crippen LogP contribution in [0, 0.1) is 0 Å². The number of aryl methyl sites for hydroxylation is 1. The second-order valence-corrected chi connectivity index (χ2v) is 5.22. The Labute approximate surface area is 125 Å². The number of hydrogen-bond acceptors (Lipinski definition) is 4. The first-order valence-electron chi connectivity index (χ1n) is 7.21. The molecule has 2 aromatic rings. The van der Waals surface area contributed by atoms with E-state index in [1.165, 1.54) is 6.20 Å². The molecule has 0 aliphatic carbocycles. The molecule has 1 aliphatic heterocycles. The SMILES string of the molecule is CCn1cc(-c2cc(C(F)(F)F)nc(N3CCCC3)n2)cn1. The highest BCUT2D eigenvalue weighted by molar-refractivity contribution is 5.59. The number of alkyl halides is 3. The van der Waals surface area contributed by atoms with E-state index in [2.05, 4.69) is 15.1 Å². The monoisotopic (exact) mass is 311 g/mol. The Morgan fingerprint density at radius 1 is 1.18 bits per heavy atom. The van der Waals surface area contributed by atoms with E-state index in [1.807, 2.05) is 6.92 Å². The van der Waals surface area contributed by atoms with Crippen molar-refractivity contribution in [3.8, 4) is 11.3 Å². The van der Waals surface area contributed by atoms with E-state index in [-0.39, 0.29) is 11.6 Å². The third-order valence-corrected chi connectivity index (χ3v) is 3.65. The Morgan fingerprint density at radius 2 is 1.91 bits per heavy atom. The maximum atomic E-state index is 13.1. The van der Waals surface area contributed by atoms with Crippen molar-refractivity contribution in [2.24, 2.45) is 0 Å². The van der Waals surface area contributed by atoms with Crippen LogP contribution in [0.5, 0.6) is 0 Å². The summed E-state index contributed by atoms with van der Waals surface area (Å²) in [5, 5.41) is 4.09. The van der Waals surface area contributed by atoms with Crippen LogP contribution in [0.3, 0.4) is 0 Å². The van der Waals surface area contributed by atoms with E-state index in [9.17, 15) is 13.2 Å². The van der Waals surface area contributed by atoms with Gasteiger partial charge in [-0.2, -0.15) is 18.3 Å². The van der Waals surface area contributed by atoms with E-state index in [4.69, 9.17) is 0 Å². The Bertz CT molecular complexity index is 659. The van der Waals surface area contributed by atoms with Gasteiger partial charge in [0.2, 0.25) is 5.95 Å². The van der Waals surface area contributed by atoms with Crippen molar-refractivity contribution < 1.29 is 13.2 Å². The number of hydrogen-bond donors (Lipinski definition) is 0. The lowest BCUT2D eigenvalue weighted by atomic mass is 10.2. The Morgan fingerprint density at radius 3 is 2.50 bits per heavy atom. The molecule has 118 valence electrons. The molecule has 1 saturated heterocycles. The van der Waals surface area contributed by atoms with Crippen LogP contribution in [-0.2, 0) is 12.7 Å². The lowest BCUT2D eigenvalue weighted by Gasteiger charge is -2.17. The van der Waals surface area contributed by atoms with Crippen molar-refractivity contribution >= 4 is 5.95 Å². The molecular formula is C14H16F3N5. The average molecular weight is 311 g/mol. The summed E-state index contributed by atoms with van der Waals surface area (Å²) in [6.07, 6.45) is 0.619. The molecule has 0 N–H and O–H groups in total. The normalized spacial score (nSPS) is 15.5. The summed E-state index contributed by atoms with van der Waals surface area (Å²) in [5.74, 6) is 0.145. The number of halogens is 3. The van der Waals surface area contributed by atoms with Gasteiger partial charge in [0.15, 0.2) is 5.69 Å². The zero-order chi connectivity index (χ0) is 15.7. The summed E-state index contributed by atoms with van der Waals surface area (Å²) in [4.78, 5) is 9.80. The smallest absolute Gasteiger partial charge is 0.341 e. The summed E-state index contributed by atoms with van der Waals surface area (Å²) in [7, 11) is 0. The standard InChI is InChI=1S/C14H16F3N5/c1-2-22-9-10(8-18-22)11-7-12(14(15,16)17)20-13(19-11)21-5-3-4-6-21/h7-9H,2-6H2,1H3. The second kappa shape index (κ2) is 5.58. The molecule has 0 bridgehead atoms. The summed E-state index contributed by atoms with van der Waals surface area (Å²) in [5.41, 5.74) is -0.0947. The lowest BCUT2D eigenvalue weighted by Crippen LogP contribution is -2.22. The Hall–Kier alpha value is -2.12. The van der Waals surface area contributed by atoms with Gasteiger partial charge in [0.05, 0.1) is 11.9 Å². The van der Waals surface area contributed by atoms with Crippen molar-refractivity contribution in [2.45, 2.75) is 32.5 Å². The molecule has 8 heteroatoms. The minimum absolute atomic E-state index is 0.145. The van der Waals surface area contributed by atoms with E-state index in [0.29, 0.717) is 25.2 Å². The van der Waals surface area contributed by atoms with Gasteiger partial charge in [-0.25, -0.2) is 9.97 Å². The number of rotatable bonds is 3. The number of nitrogens with zero attached hydrogens (tertiary/aromatic N) is 5. The zero-order valence-corrected chi connectivity index (χ0v) is 12.1. The van der Waals surface area contributed by atoms with E-state index in [1.54, 1.807) is 15.8 Å². The van der Waals surface area contributed by atoms with Crippen LogP contribution in [0.15, 0.2) is 18.5 Å². The van der Waals surface area contributed by atoms with Crippen molar-refractivity contribution in [1.82, 2.24) is 19.7 Å². The molecule has 0 spiro atoms. The summed E-state index contributed by atoms with van der Waals surface area (Å²) >= 11 is 0. The van der Waals surface area contributed by atoms with Gasteiger partial charge in [-0.3, -0.25) is 4.68 Å². The van der Waals surface area contributed by atoms with Gasteiger partial charge in [0, 0.05) is 31.4 Å². The number of anilines is 1. The molecule has 0 saturated carbocycles. The van der Waals surface area contributed by atoms with Gasteiger partial charge in [0.25, 0.3) is 0 Å². The quantitative estimate of drug-likeness (QED) is 0.874. The molecule has 3 rings (SSSR count). The van der Waals surface area contributed by atoms with Crippen LogP contribution in [0.25, 0.3) is 11.3 Å². The van der Waals surface area contributed by atoms with Gasteiger partial charge in [-0.15, -0.1) is 0 Å². The van der Waals surface area contributed by atoms with Gasteiger partial charge >= 0.3 is 6.18 Å². The molecule has 3 heterocycles. The highest BCUT2D eigenvalue weighted by Crippen LogP contribution is 2.32. The molecule has 0 amide bonds. The zero-order valence-electron chi connectivity index (χ0n) is 12.1. The van der Waals surface area contributed by atoms with Gasteiger partial charge in [-0.1, -0.05) is 0 Å². The van der Waals surface area contributed by atoms with Gasteiger partial charge in [-0.05, 0) is 25.8 Å². The molecule has 2 aromatic heterocycles. The lowest BCUT2D eigenvalue weighted by molar-refractivity contribution is -0.141. The molecule has 0 radical (unpaired) electrons. The highest BCUT2D eigenvalue weighted by Gasteiger charge is 2.34. The first kappa shape index (κ1) is 14.8. The Balaban J connectivity index is 2.06. The first-order chi connectivity index (χ1) is 10.5. The van der Waals surface area contributed by atoms with Crippen LogP contribution < -0.4 is 4.90 Å². The molecule has 22 heavy (non-hydrogen) atoms. The van der Waals surface area contributed by atoms with Crippen LogP contribution in [-0.4, -0.2) is 32.8 Å². The van der Waals surface area contributed by atoms with Crippen molar-refractivity contribution in [3.63, 3.8) is 0 Å². The fourth-order valence-corrected chi connectivity index (χ4v) is 2.45. The number of aromatic nitrogens is 4. The van der Waals surface area contributed by atoms with Crippen LogP contribution in [0.1, 0.15) is 25.5 Å². The van der Waals surface area contributed by atoms with Crippen molar-refractivity contribution in [1.29, 1.82) is 0 Å². The highest BCUT2D eigenvalue weighted by atomic mass is 19.4. The maximum Gasteiger partial charge on any atom is 0.433 e. The fraction of sp³-hybridized carbons (Fsp3) is 0.500. The summed E-state index contributed by atoms with van der Waals surface area (Å²) in [6, 6.07) is 0.983. The molecule has 0 atom stereocenters. The summed E-state index contributed by atoms with van der Waals surface area (Å²) < 4.78 is 40.9. The molecule has 0 unspecified atom stereocenters. The third kappa shape index (κ3) is 2.90. The molecule has 1 aliphatic rings. The van der Waals surface area contributed by atoms with E-state index in [0.717, 1.165) is 18.9 Å². The average Bonchev–Trinajstić information content (AvgIpc) is 3.17. The van der Waals surface area contributed by atoms with Crippen LogP contribution >= 0.6 is 0 Å². The molecule has 5 nitrogen and oxygen atoms in total. The predicted molar refractivity (Wildman–Crippen MR) is 75.4 cm³/mol. The van der Waals surface area contributed by atoms with Crippen molar-refractivity contribution in [3.05, 3.63) is 24.2 Å². The van der Waals surface area contributed by atoms with Crippen LogP contribution in [0.4, 0.5) is 19.1 Å². The summed E-state index contributed by atoms with van der Waals surface area (Å²) in [6.45, 7) is 3.94.